The zero-order valence-electron chi connectivity index (χ0n) is 21.1. The molecule has 2 aliphatic rings. The van der Waals surface area contributed by atoms with E-state index in [9.17, 15) is 51.1 Å². The van der Waals surface area contributed by atoms with Crippen LogP contribution in [-0.4, -0.2) is 120 Å². The average molecular weight is 582 g/mol. The van der Waals surface area contributed by atoms with Gasteiger partial charge in [0, 0.05) is 18.2 Å². The molecule has 2 aromatic carbocycles. The van der Waals surface area contributed by atoms with Gasteiger partial charge in [-0.25, -0.2) is 4.42 Å². The number of hydrogen-bond acceptors (Lipinski definition) is 14. The summed E-state index contributed by atoms with van der Waals surface area (Å²) in [5, 5.41) is 101. The molecular formula is C26H29O15+. The number of phenols is 4. The van der Waals surface area contributed by atoms with Crippen molar-refractivity contribution in [3.63, 3.8) is 0 Å². The first-order chi connectivity index (χ1) is 19.5. The molecule has 222 valence electrons. The van der Waals surface area contributed by atoms with Gasteiger partial charge < -0.3 is 70.0 Å². The lowest BCUT2D eigenvalue weighted by molar-refractivity contribution is -0.344. The molecule has 2 fully saturated rings. The maximum Gasteiger partial charge on any atom is 0.402 e. The third kappa shape index (κ3) is 5.54. The Hall–Kier alpha value is -3.51. The molecule has 41 heavy (non-hydrogen) atoms. The van der Waals surface area contributed by atoms with E-state index in [0.717, 1.165) is 12.1 Å². The van der Waals surface area contributed by atoms with Crippen molar-refractivity contribution in [2.24, 2.45) is 0 Å². The van der Waals surface area contributed by atoms with Crippen molar-refractivity contribution in [1.29, 1.82) is 0 Å². The molecule has 3 aromatic rings. The zero-order valence-corrected chi connectivity index (χ0v) is 21.1. The Labute approximate surface area is 230 Å². The van der Waals surface area contributed by atoms with Crippen molar-refractivity contribution in [3.8, 4) is 40.1 Å². The van der Waals surface area contributed by atoms with Gasteiger partial charge in [-0.2, -0.15) is 0 Å². The monoisotopic (exact) mass is 581 g/mol. The second-order valence-electron chi connectivity index (χ2n) is 9.70. The van der Waals surface area contributed by atoms with Gasteiger partial charge in [-0.1, -0.05) is 0 Å². The Morgan fingerprint density at radius 2 is 1.56 bits per heavy atom. The third-order valence-electron chi connectivity index (χ3n) is 6.87. The molecule has 15 nitrogen and oxygen atoms in total. The van der Waals surface area contributed by atoms with Crippen LogP contribution in [0.2, 0.25) is 0 Å². The first kappa shape index (κ1) is 29.0. The summed E-state index contributed by atoms with van der Waals surface area (Å²) >= 11 is 0. The first-order valence-corrected chi connectivity index (χ1v) is 12.4. The third-order valence-corrected chi connectivity index (χ3v) is 6.87. The quantitative estimate of drug-likeness (QED) is 0.122. The predicted octanol–water partition coefficient (Wildman–Crippen LogP) is -1.15. The fourth-order valence-electron chi connectivity index (χ4n) is 4.61. The number of hydrogen-bond donors (Lipinski definition) is 10. The normalized spacial score (nSPS) is 32.2. The van der Waals surface area contributed by atoms with Crippen LogP contribution in [-0.2, 0) is 14.2 Å². The number of fused-ring (bicyclic) bond motifs is 1. The van der Waals surface area contributed by atoms with Crippen LogP contribution in [0.5, 0.6) is 28.7 Å². The number of aliphatic hydroxyl groups excluding tert-OH is 6. The summed E-state index contributed by atoms with van der Waals surface area (Å²) in [6.07, 6.45) is -14.6. The molecule has 2 aliphatic heterocycles. The smallest absolute Gasteiger partial charge is 0.402 e. The van der Waals surface area contributed by atoms with Crippen LogP contribution < -0.4 is 4.74 Å². The van der Waals surface area contributed by atoms with Crippen molar-refractivity contribution < 1.29 is 74.4 Å². The Bertz CT molecular complexity index is 1400. The maximum absolute atomic E-state index is 10.9. The minimum Gasteiger partial charge on any atom is -0.507 e. The van der Waals surface area contributed by atoms with Gasteiger partial charge in [-0.15, -0.1) is 0 Å². The molecule has 0 amide bonds. The van der Waals surface area contributed by atoms with Gasteiger partial charge >= 0.3 is 11.3 Å². The zero-order chi connectivity index (χ0) is 29.6. The largest absolute Gasteiger partial charge is 0.507 e. The number of ether oxygens (including phenoxy) is 4. The summed E-state index contributed by atoms with van der Waals surface area (Å²) in [5.41, 5.74) is 0.139. The second-order valence-corrected chi connectivity index (χ2v) is 9.70. The van der Waals surface area contributed by atoms with E-state index in [2.05, 4.69) is 0 Å². The van der Waals surface area contributed by atoms with Crippen molar-refractivity contribution in [3.05, 3.63) is 36.4 Å². The molecule has 3 heterocycles. The van der Waals surface area contributed by atoms with Crippen LogP contribution in [0.1, 0.15) is 0 Å². The Morgan fingerprint density at radius 3 is 2.27 bits per heavy atom. The fraction of sp³-hybridized carbons (Fsp3) is 0.423. The summed E-state index contributed by atoms with van der Waals surface area (Å²) < 4.78 is 28.5. The van der Waals surface area contributed by atoms with Gasteiger partial charge in [0.05, 0.1) is 24.8 Å². The summed E-state index contributed by atoms with van der Waals surface area (Å²) in [7, 11) is 0. The molecule has 0 saturated carbocycles. The predicted molar refractivity (Wildman–Crippen MR) is 134 cm³/mol. The molecule has 0 unspecified atom stereocenters. The SMILES string of the molecule is OC[C@H]1O[C@@H](Oc2cc3c(O)cc(O)cc3[o+]c2-c2ccc(O)c(O)c2)[C@@H](O[C@@H]2OC[C@H](O)[C@@H](O)[C@H]2O)[C@@H](O)[C@@H]1O. The molecule has 2 saturated heterocycles. The van der Waals surface area contributed by atoms with E-state index in [4.69, 9.17) is 23.4 Å². The Morgan fingerprint density at radius 1 is 0.805 bits per heavy atom. The van der Waals surface area contributed by atoms with Gasteiger partial charge in [0.1, 0.15) is 53.5 Å². The molecular weight excluding hydrogens is 552 g/mol. The lowest BCUT2D eigenvalue weighted by atomic mass is 9.98. The summed E-state index contributed by atoms with van der Waals surface area (Å²) in [6.45, 7) is -1.18. The highest BCUT2D eigenvalue weighted by molar-refractivity contribution is 5.88. The lowest BCUT2D eigenvalue weighted by Crippen LogP contribution is -2.63. The van der Waals surface area contributed by atoms with Gasteiger partial charge in [-0.05, 0) is 12.1 Å². The highest BCUT2D eigenvalue weighted by Crippen LogP contribution is 2.42. The van der Waals surface area contributed by atoms with Crippen molar-refractivity contribution in [2.75, 3.05) is 13.2 Å². The van der Waals surface area contributed by atoms with Crippen LogP contribution in [0.15, 0.2) is 40.8 Å². The highest BCUT2D eigenvalue weighted by Gasteiger charge is 2.50. The molecule has 0 spiro atoms. The Balaban J connectivity index is 1.57. The molecule has 1 aromatic heterocycles. The van der Waals surface area contributed by atoms with E-state index in [0.29, 0.717) is 0 Å². The lowest BCUT2D eigenvalue weighted by Gasteiger charge is -2.44. The van der Waals surface area contributed by atoms with Crippen LogP contribution in [0.4, 0.5) is 0 Å². The van der Waals surface area contributed by atoms with Crippen molar-refractivity contribution >= 4 is 11.0 Å². The molecule has 0 bridgehead atoms. The van der Waals surface area contributed by atoms with Crippen LogP contribution >= 0.6 is 0 Å². The second kappa shape index (κ2) is 11.4. The standard InChI is InChI=1S/C26H28O15/c27-7-18-20(34)21(35)24(41-25-22(36)19(33)15(32)8-37-25)26(40-18)39-17-6-11-13(30)4-10(28)5-16(11)38-23(17)9-1-2-12(29)14(31)3-9/h1-6,15,18-22,24-27,32-36H,7-8H2,(H3-,28,29,30,31)/p+1/t15-,18+,19+,20+,21-,22+,24-,25-,26+/m0/s1. The summed E-state index contributed by atoms with van der Waals surface area (Å²) in [4.78, 5) is 0. The minimum absolute atomic E-state index is 0.00950. The van der Waals surface area contributed by atoms with Crippen LogP contribution in [0, 0.1) is 0 Å². The maximum atomic E-state index is 10.9. The van der Waals surface area contributed by atoms with E-state index < -0.39 is 85.8 Å². The van der Waals surface area contributed by atoms with Crippen molar-refractivity contribution in [2.45, 2.75) is 55.3 Å². The summed E-state index contributed by atoms with van der Waals surface area (Å²) in [5.74, 6) is -1.98. The summed E-state index contributed by atoms with van der Waals surface area (Å²) in [6, 6.07) is 7.19. The van der Waals surface area contributed by atoms with E-state index in [1.54, 1.807) is 0 Å². The molecule has 9 atom stereocenters. The number of phenolic OH excluding ortho intramolecular Hbond substituents is 4. The van der Waals surface area contributed by atoms with E-state index >= 15 is 0 Å². The molecule has 0 radical (unpaired) electrons. The molecule has 10 N–H and O–H groups in total. The number of aliphatic hydroxyl groups is 6. The average Bonchev–Trinajstić information content (AvgIpc) is 2.94. The van der Waals surface area contributed by atoms with Gasteiger partial charge in [0.25, 0.3) is 0 Å². The first-order valence-electron chi connectivity index (χ1n) is 12.4. The van der Waals surface area contributed by atoms with Crippen molar-refractivity contribution in [1.82, 2.24) is 0 Å². The molecule has 0 aliphatic carbocycles. The van der Waals surface area contributed by atoms with Gasteiger partial charge in [-0.3, -0.25) is 0 Å². The van der Waals surface area contributed by atoms with E-state index in [1.807, 2.05) is 0 Å². The topological polar surface area (TPSA) is 251 Å². The van der Waals surface area contributed by atoms with Crippen LogP contribution in [0.25, 0.3) is 22.3 Å². The minimum atomic E-state index is -1.80. The van der Waals surface area contributed by atoms with Crippen LogP contribution in [0.3, 0.4) is 0 Å². The highest BCUT2D eigenvalue weighted by atomic mass is 16.8. The fourth-order valence-corrected chi connectivity index (χ4v) is 4.61. The van der Waals surface area contributed by atoms with Gasteiger partial charge in [0.2, 0.25) is 12.0 Å². The van der Waals surface area contributed by atoms with E-state index in [1.165, 1.54) is 24.3 Å². The Kier molecular flexibility index (Phi) is 8.06. The number of rotatable bonds is 6. The molecule has 5 rings (SSSR count). The van der Waals surface area contributed by atoms with Gasteiger partial charge in [0.15, 0.2) is 23.9 Å². The van der Waals surface area contributed by atoms with E-state index in [-0.39, 0.29) is 33.8 Å². The number of aromatic hydroxyl groups is 4. The molecule has 15 heteroatoms. The number of benzene rings is 2.